The summed E-state index contributed by atoms with van der Waals surface area (Å²) in [6, 6.07) is 10.1. The molecule has 0 amide bonds. The Morgan fingerprint density at radius 2 is 2.00 bits per heavy atom. The van der Waals surface area contributed by atoms with E-state index in [2.05, 4.69) is 18.7 Å². The van der Waals surface area contributed by atoms with Gasteiger partial charge in [0, 0.05) is 10.6 Å². The van der Waals surface area contributed by atoms with Crippen LogP contribution in [0.25, 0.3) is 0 Å². The van der Waals surface area contributed by atoms with Crippen LogP contribution in [0.2, 0.25) is 0 Å². The van der Waals surface area contributed by atoms with Crippen LogP contribution in [-0.4, -0.2) is 16.8 Å². The Kier molecular flexibility index (Phi) is 6.01. The highest BCUT2D eigenvalue weighted by atomic mass is 32.2. The van der Waals surface area contributed by atoms with E-state index in [1.807, 2.05) is 31.2 Å². The lowest BCUT2D eigenvalue weighted by molar-refractivity contribution is -0.132. The van der Waals surface area contributed by atoms with Gasteiger partial charge in [-0.05, 0) is 25.1 Å². The fourth-order valence-electron chi connectivity index (χ4n) is 1.22. The minimum Gasteiger partial charge on any atom is -0.478 e. The fourth-order valence-corrected chi connectivity index (χ4v) is 2.06. The molecular formula is C15H16O2S. The van der Waals surface area contributed by atoms with Gasteiger partial charge >= 0.3 is 5.97 Å². The maximum absolute atomic E-state index is 10.7. The number of thioether (sulfide) groups is 1. The lowest BCUT2D eigenvalue weighted by Crippen LogP contribution is -1.96. The van der Waals surface area contributed by atoms with E-state index in [-0.39, 0.29) is 5.57 Å². The van der Waals surface area contributed by atoms with Crippen LogP contribution in [0, 0.1) is 0 Å². The second-order valence-corrected chi connectivity index (χ2v) is 4.79. The van der Waals surface area contributed by atoms with E-state index in [0.717, 1.165) is 11.3 Å². The third kappa shape index (κ3) is 5.06. The van der Waals surface area contributed by atoms with Crippen LogP contribution >= 0.6 is 11.8 Å². The van der Waals surface area contributed by atoms with Gasteiger partial charge in [-0.2, -0.15) is 0 Å². The van der Waals surface area contributed by atoms with Crippen LogP contribution in [0.5, 0.6) is 0 Å². The van der Waals surface area contributed by atoms with Gasteiger partial charge in [-0.25, -0.2) is 4.79 Å². The molecule has 0 bridgehead atoms. The maximum atomic E-state index is 10.7. The van der Waals surface area contributed by atoms with E-state index in [9.17, 15) is 4.79 Å². The molecule has 0 atom stereocenters. The number of hydrogen-bond acceptors (Lipinski definition) is 2. The normalized spacial score (nSPS) is 12.3. The first-order valence-electron chi connectivity index (χ1n) is 5.54. The molecule has 0 aliphatic carbocycles. The Bertz CT molecular complexity index is 473. The van der Waals surface area contributed by atoms with E-state index in [0.29, 0.717) is 0 Å². The van der Waals surface area contributed by atoms with Crippen LogP contribution in [0.15, 0.2) is 71.2 Å². The molecule has 0 aliphatic rings. The molecule has 1 aromatic carbocycles. The van der Waals surface area contributed by atoms with Crippen molar-refractivity contribution in [1.29, 1.82) is 0 Å². The second kappa shape index (κ2) is 7.56. The SMILES string of the molecule is C=C/C(=C\C=C(/C)CSc1ccccc1)C(=O)O. The molecule has 0 fully saturated rings. The van der Waals surface area contributed by atoms with Crippen LogP contribution in [0.1, 0.15) is 6.92 Å². The van der Waals surface area contributed by atoms with Gasteiger partial charge in [-0.1, -0.05) is 42.5 Å². The molecule has 0 saturated heterocycles. The van der Waals surface area contributed by atoms with Crippen LogP contribution < -0.4 is 0 Å². The number of carboxylic acid groups (broad SMARTS) is 1. The highest BCUT2D eigenvalue weighted by Crippen LogP contribution is 2.19. The Morgan fingerprint density at radius 3 is 2.56 bits per heavy atom. The van der Waals surface area contributed by atoms with E-state index < -0.39 is 5.97 Å². The predicted molar refractivity (Wildman–Crippen MR) is 76.8 cm³/mol. The number of hydrogen-bond donors (Lipinski definition) is 1. The number of rotatable bonds is 6. The Labute approximate surface area is 112 Å². The van der Waals surface area contributed by atoms with Crippen LogP contribution in [0.3, 0.4) is 0 Å². The largest absolute Gasteiger partial charge is 0.478 e. The van der Waals surface area contributed by atoms with Crippen molar-refractivity contribution in [2.24, 2.45) is 0 Å². The molecule has 1 N–H and O–H groups in total. The third-order valence-electron chi connectivity index (χ3n) is 2.22. The summed E-state index contributed by atoms with van der Waals surface area (Å²) in [5.74, 6) is -0.116. The summed E-state index contributed by atoms with van der Waals surface area (Å²) in [7, 11) is 0. The van der Waals surface area contributed by atoms with E-state index >= 15 is 0 Å². The molecule has 0 aromatic heterocycles. The van der Waals surface area contributed by atoms with E-state index in [1.165, 1.54) is 11.0 Å². The van der Waals surface area contributed by atoms with Gasteiger partial charge in [0.15, 0.2) is 0 Å². The van der Waals surface area contributed by atoms with Crippen molar-refractivity contribution in [1.82, 2.24) is 0 Å². The molecule has 1 rings (SSSR count). The summed E-state index contributed by atoms with van der Waals surface area (Å²) in [5, 5.41) is 8.82. The van der Waals surface area contributed by atoms with Gasteiger partial charge in [-0.3, -0.25) is 0 Å². The average molecular weight is 260 g/mol. The van der Waals surface area contributed by atoms with Gasteiger partial charge in [0.2, 0.25) is 0 Å². The lowest BCUT2D eigenvalue weighted by Gasteiger charge is -2.01. The molecule has 0 saturated carbocycles. The summed E-state index contributed by atoms with van der Waals surface area (Å²) in [6.07, 6.45) is 4.74. The van der Waals surface area contributed by atoms with Crippen molar-refractivity contribution in [2.45, 2.75) is 11.8 Å². The third-order valence-corrected chi connectivity index (χ3v) is 3.43. The fraction of sp³-hybridized carbons (Fsp3) is 0.133. The molecule has 0 aliphatic heterocycles. The zero-order valence-corrected chi connectivity index (χ0v) is 11.1. The van der Waals surface area contributed by atoms with E-state index in [4.69, 9.17) is 5.11 Å². The minimum absolute atomic E-state index is 0.207. The molecule has 0 heterocycles. The van der Waals surface area contributed by atoms with Gasteiger partial charge in [0.05, 0.1) is 5.57 Å². The summed E-state index contributed by atoms with van der Waals surface area (Å²) in [5.41, 5.74) is 1.32. The zero-order valence-electron chi connectivity index (χ0n) is 10.3. The highest BCUT2D eigenvalue weighted by Gasteiger charge is 2.00. The summed E-state index contributed by atoms with van der Waals surface area (Å²) >= 11 is 1.73. The predicted octanol–water partition coefficient (Wildman–Crippen LogP) is 3.92. The number of aliphatic carboxylic acids is 1. The minimum atomic E-state index is -0.954. The first-order chi connectivity index (χ1) is 8.63. The molecule has 0 unspecified atom stereocenters. The highest BCUT2D eigenvalue weighted by molar-refractivity contribution is 7.99. The number of allylic oxidation sites excluding steroid dienone is 2. The van der Waals surface area contributed by atoms with Crippen LogP contribution in [0.4, 0.5) is 0 Å². The van der Waals surface area contributed by atoms with E-state index in [1.54, 1.807) is 17.8 Å². The first kappa shape index (κ1) is 14.3. The summed E-state index contributed by atoms with van der Waals surface area (Å²) in [6.45, 7) is 5.45. The molecule has 0 spiro atoms. The standard InChI is InChI=1S/C15H16O2S/c1-3-13(15(16)17)10-9-12(2)11-18-14-7-5-4-6-8-14/h3-10H,1,11H2,2H3,(H,16,17)/b12-9+,13-10+. The lowest BCUT2D eigenvalue weighted by atomic mass is 10.2. The van der Waals surface area contributed by atoms with Crippen molar-refractivity contribution in [2.75, 3.05) is 5.75 Å². The van der Waals surface area contributed by atoms with Gasteiger partial charge in [0.25, 0.3) is 0 Å². The molecule has 94 valence electrons. The second-order valence-electron chi connectivity index (χ2n) is 3.75. The monoisotopic (exact) mass is 260 g/mol. The Balaban J connectivity index is 2.58. The van der Waals surface area contributed by atoms with Crippen molar-refractivity contribution < 1.29 is 9.90 Å². The van der Waals surface area contributed by atoms with Crippen LogP contribution in [-0.2, 0) is 4.79 Å². The molecule has 0 radical (unpaired) electrons. The number of benzene rings is 1. The Hall–Kier alpha value is -1.74. The molecule has 2 nitrogen and oxygen atoms in total. The van der Waals surface area contributed by atoms with Gasteiger partial charge in [0.1, 0.15) is 0 Å². The molecular weight excluding hydrogens is 244 g/mol. The summed E-state index contributed by atoms with van der Waals surface area (Å²) < 4.78 is 0. The zero-order chi connectivity index (χ0) is 13.4. The maximum Gasteiger partial charge on any atom is 0.335 e. The Morgan fingerprint density at radius 1 is 1.33 bits per heavy atom. The smallest absolute Gasteiger partial charge is 0.335 e. The van der Waals surface area contributed by atoms with Crippen molar-refractivity contribution in [3.8, 4) is 0 Å². The topological polar surface area (TPSA) is 37.3 Å². The molecule has 1 aromatic rings. The number of carbonyl (C=O) groups is 1. The van der Waals surface area contributed by atoms with Gasteiger partial charge < -0.3 is 5.11 Å². The van der Waals surface area contributed by atoms with Crippen molar-refractivity contribution >= 4 is 17.7 Å². The molecule has 3 heteroatoms. The van der Waals surface area contributed by atoms with Gasteiger partial charge in [-0.15, -0.1) is 11.8 Å². The number of carboxylic acids is 1. The van der Waals surface area contributed by atoms with Crippen molar-refractivity contribution in [3.05, 3.63) is 66.3 Å². The first-order valence-corrected chi connectivity index (χ1v) is 6.53. The quantitative estimate of drug-likeness (QED) is 0.478. The van der Waals surface area contributed by atoms with Crippen molar-refractivity contribution in [3.63, 3.8) is 0 Å². The summed E-state index contributed by atoms with van der Waals surface area (Å²) in [4.78, 5) is 12.0. The average Bonchev–Trinajstić information content (AvgIpc) is 2.38. The molecule has 18 heavy (non-hydrogen) atoms.